The van der Waals surface area contributed by atoms with E-state index in [0.29, 0.717) is 17.2 Å². The van der Waals surface area contributed by atoms with Crippen molar-refractivity contribution in [2.45, 2.75) is 18.1 Å². The Balaban J connectivity index is 1.93. The quantitative estimate of drug-likeness (QED) is 0.317. The van der Waals surface area contributed by atoms with E-state index in [1.807, 2.05) is 30.3 Å². The Kier molecular flexibility index (Phi) is 7.47. The van der Waals surface area contributed by atoms with E-state index in [2.05, 4.69) is 10.3 Å². The van der Waals surface area contributed by atoms with Crippen LogP contribution in [0.2, 0.25) is 0 Å². The number of amides is 1. The van der Waals surface area contributed by atoms with Crippen LogP contribution in [0.5, 0.6) is 11.5 Å². The number of alkyl halides is 3. The number of pyridine rings is 1. The summed E-state index contributed by atoms with van der Waals surface area (Å²) in [7, 11) is 2.93. The zero-order valence-corrected chi connectivity index (χ0v) is 20.3. The number of aromatic nitrogens is 1. The van der Waals surface area contributed by atoms with Crippen molar-refractivity contribution in [2.75, 3.05) is 14.2 Å². The monoisotopic (exact) mass is 506 g/mol. The minimum atomic E-state index is -4.57. The topological polar surface area (TPSA) is 60.5 Å². The second-order valence-electron chi connectivity index (χ2n) is 8.42. The van der Waals surface area contributed by atoms with Crippen molar-refractivity contribution < 1.29 is 27.4 Å². The highest BCUT2D eigenvalue weighted by atomic mass is 19.4. The maximum atomic E-state index is 13.7. The number of carbonyl (C=O) groups is 1. The number of nitrogens with one attached hydrogen (secondary N) is 1. The number of benzene rings is 3. The molecule has 1 atom stereocenters. The fourth-order valence-electron chi connectivity index (χ4n) is 4.20. The summed E-state index contributed by atoms with van der Waals surface area (Å²) in [6.07, 6.45) is -2.87. The molecule has 1 aromatic heterocycles. The number of ether oxygens (including phenoxy) is 2. The van der Waals surface area contributed by atoms with Crippen molar-refractivity contribution in [1.82, 2.24) is 10.3 Å². The Hall–Kier alpha value is -4.33. The number of rotatable bonds is 8. The van der Waals surface area contributed by atoms with E-state index < -0.39 is 23.2 Å². The fourth-order valence-corrected chi connectivity index (χ4v) is 4.20. The van der Waals surface area contributed by atoms with Crippen LogP contribution in [-0.4, -0.2) is 25.1 Å². The molecule has 1 N–H and O–H groups in total. The maximum absolute atomic E-state index is 13.7. The Bertz CT molecular complexity index is 1340. The van der Waals surface area contributed by atoms with Gasteiger partial charge in [-0.3, -0.25) is 9.78 Å². The van der Waals surface area contributed by atoms with Gasteiger partial charge in [0.25, 0.3) is 5.91 Å². The van der Waals surface area contributed by atoms with Crippen LogP contribution in [0.1, 0.15) is 32.7 Å². The highest BCUT2D eigenvalue weighted by Gasteiger charge is 2.40. The minimum absolute atomic E-state index is 0.152. The van der Waals surface area contributed by atoms with E-state index in [0.717, 1.165) is 17.7 Å². The zero-order chi connectivity index (χ0) is 26.5. The lowest BCUT2D eigenvalue weighted by atomic mass is 9.79. The van der Waals surface area contributed by atoms with E-state index in [1.54, 1.807) is 36.5 Å². The van der Waals surface area contributed by atoms with Crippen LogP contribution in [0, 0.1) is 0 Å². The third-order valence-electron chi connectivity index (χ3n) is 6.04. The highest BCUT2D eigenvalue weighted by molar-refractivity contribution is 5.96. The fraction of sp³-hybridized carbons (Fsp3) is 0.172. The second kappa shape index (κ2) is 10.7. The van der Waals surface area contributed by atoms with Gasteiger partial charge < -0.3 is 14.8 Å². The van der Waals surface area contributed by atoms with Crippen molar-refractivity contribution in [2.24, 2.45) is 0 Å². The standard InChI is InChI=1S/C29H25F3N2O3/c1-36-24-15-21(16-25(18-24)37-2)27(35)34-28(26-13-6-7-14-33-26,19-20-9-4-3-5-10-20)22-11-8-12-23(17-22)29(30,31)32/h3-18H,19H2,1-2H3,(H,34,35). The number of hydrogen-bond acceptors (Lipinski definition) is 4. The van der Waals surface area contributed by atoms with Crippen molar-refractivity contribution in [3.05, 3.63) is 125 Å². The van der Waals surface area contributed by atoms with E-state index in [9.17, 15) is 18.0 Å². The normalized spacial score (nSPS) is 12.9. The molecule has 0 radical (unpaired) electrons. The summed E-state index contributed by atoms with van der Waals surface area (Å²) in [5.74, 6) is 0.265. The molecule has 1 unspecified atom stereocenters. The molecule has 37 heavy (non-hydrogen) atoms. The van der Waals surface area contributed by atoms with Gasteiger partial charge in [0, 0.05) is 24.2 Å². The molecule has 0 aliphatic heterocycles. The second-order valence-corrected chi connectivity index (χ2v) is 8.42. The predicted octanol–water partition coefficient (Wildman–Crippen LogP) is 6.03. The summed E-state index contributed by atoms with van der Waals surface area (Å²) in [6, 6.07) is 24.0. The molecule has 0 spiro atoms. The van der Waals surface area contributed by atoms with Crippen LogP contribution in [0.15, 0.2) is 97.2 Å². The molecule has 1 heterocycles. The molecule has 0 fully saturated rings. The molecule has 0 aliphatic carbocycles. The first kappa shape index (κ1) is 25.8. The van der Waals surface area contributed by atoms with Gasteiger partial charge in [0.2, 0.25) is 0 Å². The van der Waals surface area contributed by atoms with Gasteiger partial charge in [0.05, 0.1) is 25.5 Å². The number of hydrogen-bond donors (Lipinski definition) is 1. The average Bonchev–Trinajstić information content (AvgIpc) is 2.93. The van der Waals surface area contributed by atoms with Gasteiger partial charge in [-0.05, 0) is 47.5 Å². The molecular formula is C29H25F3N2O3. The lowest BCUT2D eigenvalue weighted by Crippen LogP contribution is -2.49. The molecule has 0 saturated heterocycles. The summed E-state index contributed by atoms with van der Waals surface area (Å²) >= 11 is 0. The molecule has 4 aromatic rings. The first-order valence-electron chi connectivity index (χ1n) is 11.4. The molecule has 4 rings (SSSR count). The summed E-state index contributed by atoms with van der Waals surface area (Å²) in [6.45, 7) is 0. The summed E-state index contributed by atoms with van der Waals surface area (Å²) in [4.78, 5) is 18.2. The average molecular weight is 507 g/mol. The van der Waals surface area contributed by atoms with Crippen LogP contribution >= 0.6 is 0 Å². The van der Waals surface area contributed by atoms with Gasteiger partial charge in [0.1, 0.15) is 17.0 Å². The van der Waals surface area contributed by atoms with E-state index >= 15 is 0 Å². The van der Waals surface area contributed by atoms with Crippen molar-refractivity contribution >= 4 is 5.91 Å². The molecule has 1 amide bonds. The minimum Gasteiger partial charge on any atom is -0.497 e. The van der Waals surface area contributed by atoms with Gasteiger partial charge in [-0.25, -0.2) is 0 Å². The third kappa shape index (κ3) is 5.74. The first-order valence-corrected chi connectivity index (χ1v) is 11.4. The Morgan fingerprint density at radius 2 is 1.46 bits per heavy atom. The van der Waals surface area contributed by atoms with Crippen LogP contribution in [-0.2, 0) is 18.1 Å². The molecular weight excluding hydrogens is 481 g/mol. The number of halogens is 3. The van der Waals surface area contributed by atoms with E-state index in [1.165, 1.54) is 32.4 Å². The summed E-state index contributed by atoms with van der Waals surface area (Å²) in [5.41, 5.74) is -0.604. The van der Waals surface area contributed by atoms with Crippen molar-refractivity contribution in [1.29, 1.82) is 0 Å². The maximum Gasteiger partial charge on any atom is 0.416 e. The Morgan fingerprint density at radius 3 is 2.05 bits per heavy atom. The van der Waals surface area contributed by atoms with Crippen LogP contribution < -0.4 is 14.8 Å². The molecule has 5 nitrogen and oxygen atoms in total. The van der Waals surface area contributed by atoms with Crippen LogP contribution in [0.25, 0.3) is 0 Å². The van der Waals surface area contributed by atoms with Crippen LogP contribution in [0.3, 0.4) is 0 Å². The lowest BCUT2D eigenvalue weighted by molar-refractivity contribution is -0.137. The smallest absolute Gasteiger partial charge is 0.416 e. The zero-order valence-electron chi connectivity index (χ0n) is 20.3. The predicted molar refractivity (Wildman–Crippen MR) is 134 cm³/mol. The molecule has 0 saturated carbocycles. The number of methoxy groups -OCH3 is 2. The molecule has 0 bridgehead atoms. The largest absolute Gasteiger partial charge is 0.497 e. The molecule has 8 heteroatoms. The van der Waals surface area contributed by atoms with Gasteiger partial charge in [-0.15, -0.1) is 0 Å². The third-order valence-corrected chi connectivity index (χ3v) is 6.04. The van der Waals surface area contributed by atoms with Gasteiger partial charge in [-0.2, -0.15) is 13.2 Å². The Labute approximate surface area is 212 Å². The molecule has 3 aromatic carbocycles. The summed E-state index contributed by atoms with van der Waals surface area (Å²) < 4.78 is 51.8. The van der Waals surface area contributed by atoms with E-state index in [4.69, 9.17) is 9.47 Å². The first-order chi connectivity index (χ1) is 17.7. The lowest BCUT2D eigenvalue weighted by Gasteiger charge is -2.36. The number of carbonyl (C=O) groups excluding carboxylic acids is 1. The van der Waals surface area contributed by atoms with Gasteiger partial charge in [-0.1, -0.05) is 48.5 Å². The van der Waals surface area contributed by atoms with Gasteiger partial charge >= 0.3 is 6.18 Å². The molecule has 0 aliphatic rings. The summed E-state index contributed by atoms with van der Waals surface area (Å²) in [5, 5.41) is 3.03. The van der Waals surface area contributed by atoms with Crippen LogP contribution in [0.4, 0.5) is 13.2 Å². The SMILES string of the molecule is COc1cc(OC)cc(C(=O)NC(Cc2ccccc2)(c2cccc(C(F)(F)F)c2)c2ccccn2)c1. The molecule has 190 valence electrons. The van der Waals surface area contributed by atoms with Crippen molar-refractivity contribution in [3.8, 4) is 11.5 Å². The highest BCUT2D eigenvalue weighted by Crippen LogP contribution is 2.37. The van der Waals surface area contributed by atoms with E-state index in [-0.39, 0.29) is 17.5 Å². The van der Waals surface area contributed by atoms with Crippen molar-refractivity contribution in [3.63, 3.8) is 0 Å². The van der Waals surface area contributed by atoms with Gasteiger partial charge in [0.15, 0.2) is 0 Å². The Morgan fingerprint density at radius 1 is 0.811 bits per heavy atom. The number of nitrogens with zero attached hydrogens (tertiary/aromatic N) is 1.